The molecule has 0 aromatic rings. The van der Waals surface area contributed by atoms with Crippen molar-refractivity contribution in [2.45, 2.75) is 264 Å². The molecule has 0 spiro atoms. The number of rotatable bonds is 47. The number of carbonyl (C=O) groups is 3. The molecule has 0 radical (unpaired) electrons. The van der Waals surface area contributed by atoms with Gasteiger partial charge in [0.25, 0.3) is 0 Å². The van der Waals surface area contributed by atoms with Gasteiger partial charge in [0.15, 0.2) is 6.10 Å². The van der Waals surface area contributed by atoms with Crippen LogP contribution in [0, 0.1) is 0 Å². The van der Waals surface area contributed by atoms with Crippen molar-refractivity contribution in [1.29, 1.82) is 0 Å². The van der Waals surface area contributed by atoms with Crippen molar-refractivity contribution in [2.75, 3.05) is 13.2 Å². The van der Waals surface area contributed by atoms with E-state index in [-0.39, 0.29) is 37.5 Å². The quantitative estimate of drug-likeness (QED) is 0.0262. The predicted molar refractivity (Wildman–Crippen MR) is 265 cm³/mol. The van der Waals surface area contributed by atoms with Crippen LogP contribution >= 0.6 is 0 Å². The summed E-state index contributed by atoms with van der Waals surface area (Å²) in [5.74, 6) is -0.960. The summed E-state index contributed by atoms with van der Waals surface area (Å²) in [4.78, 5) is 37.9. The van der Waals surface area contributed by atoms with E-state index in [4.69, 9.17) is 14.2 Å². The monoisotopic (exact) mass is 867 g/mol. The fourth-order valence-corrected chi connectivity index (χ4v) is 7.25. The predicted octanol–water partition coefficient (Wildman–Crippen LogP) is 17.3. The van der Waals surface area contributed by atoms with E-state index in [1.165, 1.54) is 128 Å². The Bertz CT molecular complexity index is 1130. The van der Waals surface area contributed by atoms with Crippen molar-refractivity contribution in [3.05, 3.63) is 60.8 Å². The number of allylic oxidation sites excluding steroid dienone is 10. The van der Waals surface area contributed by atoms with Gasteiger partial charge in [-0.1, -0.05) is 216 Å². The number of hydrogen-bond donors (Lipinski definition) is 0. The Morgan fingerprint density at radius 3 is 0.984 bits per heavy atom. The number of carbonyl (C=O) groups excluding carboxylic acids is 3. The molecule has 0 aliphatic rings. The van der Waals surface area contributed by atoms with Gasteiger partial charge in [0.2, 0.25) is 0 Å². The lowest BCUT2D eigenvalue weighted by Gasteiger charge is -2.18. The van der Waals surface area contributed by atoms with Crippen LogP contribution in [0.25, 0.3) is 0 Å². The molecule has 0 heterocycles. The lowest BCUT2D eigenvalue weighted by molar-refractivity contribution is -0.167. The van der Waals surface area contributed by atoms with Crippen molar-refractivity contribution in [2.24, 2.45) is 0 Å². The highest BCUT2D eigenvalue weighted by Gasteiger charge is 2.19. The van der Waals surface area contributed by atoms with Crippen LogP contribution in [-0.4, -0.2) is 37.2 Å². The zero-order valence-electron chi connectivity index (χ0n) is 40.9. The highest BCUT2D eigenvalue weighted by Crippen LogP contribution is 2.14. The van der Waals surface area contributed by atoms with Gasteiger partial charge >= 0.3 is 17.9 Å². The molecule has 0 bridgehead atoms. The van der Waals surface area contributed by atoms with E-state index < -0.39 is 6.10 Å². The second kappa shape index (κ2) is 50.8. The van der Waals surface area contributed by atoms with Crippen LogP contribution in [0.3, 0.4) is 0 Å². The van der Waals surface area contributed by atoms with Crippen molar-refractivity contribution in [1.82, 2.24) is 0 Å². The molecule has 0 aromatic heterocycles. The van der Waals surface area contributed by atoms with E-state index >= 15 is 0 Å². The van der Waals surface area contributed by atoms with Gasteiger partial charge in [0.05, 0.1) is 0 Å². The van der Waals surface area contributed by atoms with E-state index in [9.17, 15) is 14.4 Å². The van der Waals surface area contributed by atoms with Gasteiger partial charge in [0.1, 0.15) is 13.2 Å². The summed E-state index contributed by atoms with van der Waals surface area (Å²) in [5.41, 5.74) is 0. The molecule has 0 unspecified atom stereocenters. The molecular formula is C56H98O6. The summed E-state index contributed by atoms with van der Waals surface area (Å²) in [7, 11) is 0. The van der Waals surface area contributed by atoms with E-state index in [0.29, 0.717) is 19.3 Å². The first-order valence-electron chi connectivity index (χ1n) is 26.3. The Morgan fingerprint density at radius 1 is 0.323 bits per heavy atom. The van der Waals surface area contributed by atoms with Gasteiger partial charge in [-0.15, -0.1) is 0 Å². The van der Waals surface area contributed by atoms with Gasteiger partial charge in [0, 0.05) is 19.3 Å². The first-order chi connectivity index (χ1) is 30.5. The maximum atomic E-state index is 12.8. The second-order valence-electron chi connectivity index (χ2n) is 17.4. The number of unbranched alkanes of at least 4 members (excludes halogenated alkanes) is 26. The maximum absolute atomic E-state index is 12.8. The third-order valence-corrected chi connectivity index (χ3v) is 11.2. The minimum Gasteiger partial charge on any atom is -0.462 e. The van der Waals surface area contributed by atoms with E-state index in [1.807, 2.05) is 0 Å². The number of ether oxygens (including phenoxy) is 3. The number of esters is 3. The van der Waals surface area contributed by atoms with Gasteiger partial charge in [-0.3, -0.25) is 14.4 Å². The molecule has 0 rings (SSSR count). The van der Waals surface area contributed by atoms with E-state index in [2.05, 4.69) is 81.5 Å². The Balaban J connectivity index is 4.47. The van der Waals surface area contributed by atoms with Crippen LogP contribution in [-0.2, 0) is 28.6 Å². The maximum Gasteiger partial charge on any atom is 0.306 e. The molecule has 358 valence electrons. The molecule has 0 aromatic carbocycles. The zero-order chi connectivity index (χ0) is 45.1. The molecule has 0 saturated carbocycles. The fraction of sp³-hybridized carbons (Fsp3) is 0.768. The average molecular weight is 867 g/mol. The normalized spacial score (nSPS) is 12.5. The van der Waals surface area contributed by atoms with Gasteiger partial charge in [-0.2, -0.15) is 0 Å². The van der Waals surface area contributed by atoms with Gasteiger partial charge < -0.3 is 14.2 Å². The van der Waals surface area contributed by atoms with Gasteiger partial charge in [-0.25, -0.2) is 0 Å². The summed E-state index contributed by atoms with van der Waals surface area (Å²) in [6, 6.07) is 0. The van der Waals surface area contributed by atoms with Crippen LogP contribution in [0.15, 0.2) is 60.8 Å². The molecule has 0 saturated heterocycles. The fourth-order valence-electron chi connectivity index (χ4n) is 7.25. The first-order valence-corrected chi connectivity index (χ1v) is 26.3. The highest BCUT2D eigenvalue weighted by molar-refractivity contribution is 5.71. The third kappa shape index (κ3) is 48.1. The number of hydrogen-bond acceptors (Lipinski definition) is 6. The summed E-state index contributed by atoms with van der Waals surface area (Å²) in [6.07, 6.45) is 62.1. The Hall–Kier alpha value is -2.89. The standard InChI is InChI=1S/C56H98O6/c1-4-7-10-13-16-19-22-25-27-28-30-32-35-38-41-44-47-50-56(59)62-53(51-60-54(57)48-45-42-39-36-33-24-21-18-15-12-9-6-3)52-61-55(58)49-46-43-40-37-34-31-29-26-23-20-17-14-11-8-5-2/h17,20,25-27,29-30,32,38,41,53H,4-16,18-19,21-24,28,31,33-37,39-40,42-52H2,1-3H3/b20-17-,27-25-,29-26-,32-30-,41-38-/t53-/m0/s1. The minimum absolute atomic E-state index is 0.0969. The van der Waals surface area contributed by atoms with E-state index in [1.54, 1.807) is 0 Å². The molecule has 62 heavy (non-hydrogen) atoms. The molecule has 0 N–H and O–H groups in total. The highest BCUT2D eigenvalue weighted by atomic mass is 16.6. The molecule has 0 aliphatic heterocycles. The largest absolute Gasteiger partial charge is 0.462 e. The van der Waals surface area contributed by atoms with Crippen molar-refractivity contribution in [3.8, 4) is 0 Å². The molecule has 6 heteroatoms. The summed E-state index contributed by atoms with van der Waals surface area (Å²) >= 11 is 0. The lowest BCUT2D eigenvalue weighted by Crippen LogP contribution is -2.30. The Morgan fingerprint density at radius 2 is 0.597 bits per heavy atom. The van der Waals surface area contributed by atoms with Crippen LogP contribution < -0.4 is 0 Å². The van der Waals surface area contributed by atoms with Crippen molar-refractivity contribution >= 4 is 17.9 Å². The molecule has 0 fully saturated rings. The summed E-state index contributed by atoms with van der Waals surface area (Å²) < 4.78 is 16.7. The Kier molecular flexibility index (Phi) is 48.4. The molecule has 0 amide bonds. The Labute approximate surface area is 383 Å². The molecule has 6 nitrogen and oxygen atoms in total. The average Bonchev–Trinajstić information content (AvgIpc) is 3.27. The smallest absolute Gasteiger partial charge is 0.306 e. The van der Waals surface area contributed by atoms with Crippen molar-refractivity contribution < 1.29 is 28.6 Å². The van der Waals surface area contributed by atoms with Crippen LogP contribution in [0.1, 0.15) is 258 Å². The summed E-state index contributed by atoms with van der Waals surface area (Å²) in [6.45, 7) is 6.55. The molecule has 1 atom stereocenters. The van der Waals surface area contributed by atoms with Crippen LogP contribution in [0.4, 0.5) is 0 Å². The zero-order valence-corrected chi connectivity index (χ0v) is 40.9. The summed E-state index contributed by atoms with van der Waals surface area (Å²) in [5, 5.41) is 0. The van der Waals surface area contributed by atoms with E-state index in [0.717, 1.165) is 83.5 Å². The second-order valence-corrected chi connectivity index (χ2v) is 17.4. The lowest BCUT2D eigenvalue weighted by atomic mass is 10.0. The van der Waals surface area contributed by atoms with Crippen LogP contribution in [0.2, 0.25) is 0 Å². The van der Waals surface area contributed by atoms with Crippen molar-refractivity contribution in [3.63, 3.8) is 0 Å². The first kappa shape index (κ1) is 59.1. The minimum atomic E-state index is -0.803. The van der Waals surface area contributed by atoms with Gasteiger partial charge in [-0.05, 0) is 83.5 Å². The topological polar surface area (TPSA) is 78.9 Å². The molecular weight excluding hydrogens is 769 g/mol. The SMILES string of the molecule is CCCCC/C=C\C/C=C\CCCCCCCC(=O)OC[C@H](COC(=O)CCCCCCCCCCCCCC)OC(=O)CCC/C=C\C/C=C\C/C=C\CCCCCCCC. The van der Waals surface area contributed by atoms with Crippen LogP contribution in [0.5, 0.6) is 0 Å². The molecule has 0 aliphatic carbocycles. The third-order valence-electron chi connectivity index (χ3n) is 11.2.